The molecule has 1 atom stereocenters. The van der Waals surface area contributed by atoms with E-state index < -0.39 is 0 Å². The summed E-state index contributed by atoms with van der Waals surface area (Å²) in [6.45, 7) is 5.51. The second-order valence-electron chi connectivity index (χ2n) is 7.68. The Balaban J connectivity index is 1.59. The van der Waals surface area contributed by atoms with Crippen LogP contribution in [0.5, 0.6) is 0 Å². The van der Waals surface area contributed by atoms with Gasteiger partial charge in [-0.3, -0.25) is 0 Å². The van der Waals surface area contributed by atoms with Crippen molar-refractivity contribution in [1.29, 1.82) is 0 Å². The zero-order chi connectivity index (χ0) is 19.6. The highest BCUT2D eigenvalue weighted by Gasteiger charge is 2.14. The van der Waals surface area contributed by atoms with E-state index in [1.54, 1.807) is 0 Å². The van der Waals surface area contributed by atoms with Crippen LogP contribution in [0.4, 0.5) is 0 Å². The van der Waals surface area contributed by atoms with Crippen LogP contribution >= 0.6 is 0 Å². The predicted octanol–water partition coefficient (Wildman–Crippen LogP) is 6.90. The molecule has 3 aromatic rings. The molecule has 1 nitrogen and oxygen atoms in total. The molecule has 3 rings (SSSR count). The highest BCUT2D eigenvalue weighted by Crippen LogP contribution is 2.27. The topological polar surface area (TPSA) is 12.0 Å². The van der Waals surface area contributed by atoms with Crippen molar-refractivity contribution in [1.82, 2.24) is 5.32 Å². The molecule has 1 unspecified atom stereocenters. The van der Waals surface area contributed by atoms with E-state index in [4.69, 9.17) is 0 Å². The van der Waals surface area contributed by atoms with E-state index in [9.17, 15) is 0 Å². The van der Waals surface area contributed by atoms with Gasteiger partial charge < -0.3 is 5.32 Å². The van der Waals surface area contributed by atoms with Crippen molar-refractivity contribution < 1.29 is 0 Å². The van der Waals surface area contributed by atoms with Gasteiger partial charge in [-0.05, 0) is 55.0 Å². The lowest BCUT2D eigenvalue weighted by Crippen LogP contribution is -2.22. The van der Waals surface area contributed by atoms with Crippen molar-refractivity contribution >= 4 is 0 Å². The first kappa shape index (κ1) is 20.4. The molecule has 28 heavy (non-hydrogen) atoms. The fourth-order valence-electron chi connectivity index (χ4n) is 3.81. The van der Waals surface area contributed by atoms with Crippen LogP contribution in [0.2, 0.25) is 0 Å². The Morgan fingerprint density at radius 1 is 0.714 bits per heavy atom. The molecule has 0 saturated carbocycles. The molecule has 0 radical (unpaired) electrons. The van der Waals surface area contributed by atoms with Gasteiger partial charge in [0.05, 0.1) is 0 Å². The van der Waals surface area contributed by atoms with E-state index in [1.807, 2.05) is 0 Å². The molecule has 0 heterocycles. The van der Waals surface area contributed by atoms with Crippen molar-refractivity contribution in [3.63, 3.8) is 0 Å². The Bertz CT molecular complexity index is 753. The summed E-state index contributed by atoms with van der Waals surface area (Å²) in [5.74, 6) is 0.429. The lowest BCUT2D eigenvalue weighted by Gasteiger charge is -2.21. The first-order valence-corrected chi connectivity index (χ1v) is 10.7. The summed E-state index contributed by atoms with van der Waals surface area (Å²) in [4.78, 5) is 0. The number of hydrogen-bond acceptors (Lipinski definition) is 1. The van der Waals surface area contributed by atoms with Crippen LogP contribution in [-0.4, -0.2) is 6.54 Å². The Kier molecular flexibility index (Phi) is 7.87. The maximum absolute atomic E-state index is 3.73. The van der Waals surface area contributed by atoms with E-state index in [0.29, 0.717) is 12.0 Å². The van der Waals surface area contributed by atoms with Crippen LogP contribution in [0.25, 0.3) is 0 Å². The van der Waals surface area contributed by atoms with Gasteiger partial charge in [-0.1, -0.05) is 98.3 Å². The molecule has 3 aromatic carbocycles. The molecule has 1 heteroatoms. The van der Waals surface area contributed by atoms with Crippen LogP contribution in [0.1, 0.15) is 67.3 Å². The molecular weight excluding hydrogens is 338 g/mol. The number of benzene rings is 3. The fourth-order valence-corrected chi connectivity index (χ4v) is 3.81. The summed E-state index contributed by atoms with van der Waals surface area (Å²) in [5, 5.41) is 3.73. The second kappa shape index (κ2) is 10.8. The van der Waals surface area contributed by atoms with Gasteiger partial charge in [-0.25, -0.2) is 0 Å². The normalized spacial score (nSPS) is 12.2. The molecule has 0 saturated heterocycles. The Morgan fingerprint density at radius 3 is 1.82 bits per heavy atom. The van der Waals surface area contributed by atoms with E-state index in [0.717, 1.165) is 13.0 Å². The molecule has 0 spiro atoms. The Morgan fingerprint density at radius 2 is 1.29 bits per heavy atom. The van der Waals surface area contributed by atoms with E-state index >= 15 is 0 Å². The lowest BCUT2D eigenvalue weighted by molar-refractivity contribution is 0.540. The van der Waals surface area contributed by atoms with E-state index in [1.165, 1.54) is 41.5 Å². The molecule has 0 amide bonds. The van der Waals surface area contributed by atoms with Crippen LogP contribution in [-0.2, 0) is 6.42 Å². The smallest absolute Gasteiger partial charge is 0.0291 e. The highest BCUT2D eigenvalue weighted by atomic mass is 14.9. The van der Waals surface area contributed by atoms with Crippen LogP contribution in [0.3, 0.4) is 0 Å². The largest absolute Gasteiger partial charge is 0.310 e. The molecule has 0 fully saturated rings. The van der Waals surface area contributed by atoms with Gasteiger partial charge >= 0.3 is 0 Å². The number of unbranched alkanes of at least 4 members (excludes halogenated alkanes) is 1. The van der Waals surface area contributed by atoms with Gasteiger partial charge in [0.15, 0.2) is 0 Å². The van der Waals surface area contributed by atoms with Crippen LogP contribution in [0, 0.1) is 0 Å². The van der Waals surface area contributed by atoms with Gasteiger partial charge in [-0.2, -0.15) is 0 Å². The summed E-state index contributed by atoms with van der Waals surface area (Å²) in [6, 6.07) is 31.3. The van der Waals surface area contributed by atoms with E-state index in [2.05, 4.69) is 104 Å². The number of hydrogen-bond donors (Lipinski definition) is 1. The second-order valence-corrected chi connectivity index (χ2v) is 7.68. The van der Waals surface area contributed by atoms with Gasteiger partial charge in [0.1, 0.15) is 0 Å². The third-order valence-electron chi connectivity index (χ3n) is 5.59. The molecule has 0 aliphatic carbocycles. The predicted molar refractivity (Wildman–Crippen MR) is 121 cm³/mol. The van der Waals surface area contributed by atoms with Gasteiger partial charge in [-0.15, -0.1) is 0 Å². The lowest BCUT2D eigenvalue weighted by atomic mass is 9.88. The number of rotatable bonds is 10. The minimum atomic E-state index is 0.368. The van der Waals surface area contributed by atoms with E-state index in [-0.39, 0.29) is 0 Å². The van der Waals surface area contributed by atoms with Crippen molar-refractivity contribution in [3.8, 4) is 0 Å². The maximum atomic E-state index is 3.73. The van der Waals surface area contributed by atoms with Crippen molar-refractivity contribution in [2.75, 3.05) is 6.54 Å². The highest BCUT2D eigenvalue weighted by molar-refractivity contribution is 5.32. The van der Waals surface area contributed by atoms with Gasteiger partial charge in [0.2, 0.25) is 0 Å². The summed E-state index contributed by atoms with van der Waals surface area (Å²) >= 11 is 0. The van der Waals surface area contributed by atoms with Crippen molar-refractivity contribution in [3.05, 3.63) is 107 Å². The minimum absolute atomic E-state index is 0.368. The molecule has 0 bridgehead atoms. The van der Waals surface area contributed by atoms with Gasteiger partial charge in [0.25, 0.3) is 0 Å². The molecule has 146 valence electrons. The quantitative estimate of drug-likeness (QED) is 0.408. The zero-order valence-electron chi connectivity index (χ0n) is 17.3. The Labute approximate surface area is 170 Å². The van der Waals surface area contributed by atoms with Crippen molar-refractivity contribution in [2.45, 2.75) is 51.5 Å². The minimum Gasteiger partial charge on any atom is -0.310 e. The molecule has 0 aromatic heterocycles. The van der Waals surface area contributed by atoms with Crippen molar-refractivity contribution in [2.24, 2.45) is 0 Å². The summed E-state index contributed by atoms with van der Waals surface area (Å²) in [7, 11) is 0. The number of nitrogens with one attached hydrogen (secondary N) is 1. The fraction of sp³-hybridized carbons (Fsp3) is 0.333. The van der Waals surface area contributed by atoms with Gasteiger partial charge in [0, 0.05) is 12.0 Å². The summed E-state index contributed by atoms with van der Waals surface area (Å²) in [6.07, 6.45) is 4.80. The first-order valence-electron chi connectivity index (χ1n) is 10.7. The van der Waals surface area contributed by atoms with Crippen LogP contribution < -0.4 is 5.32 Å². The molecule has 1 N–H and O–H groups in total. The zero-order valence-corrected chi connectivity index (χ0v) is 17.3. The SMILES string of the molecule is CCCCc1ccc(C(C)NCCC(c2ccccc2)c2ccccc2)cc1. The molecular formula is C27H33N. The average Bonchev–Trinajstić information content (AvgIpc) is 2.76. The molecule has 0 aliphatic heterocycles. The Hall–Kier alpha value is -2.38. The monoisotopic (exact) mass is 371 g/mol. The number of aryl methyl sites for hydroxylation is 1. The maximum Gasteiger partial charge on any atom is 0.0291 e. The third-order valence-corrected chi connectivity index (χ3v) is 5.59. The summed E-state index contributed by atoms with van der Waals surface area (Å²) < 4.78 is 0. The standard InChI is InChI=1S/C27H33N/c1-3-4-11-23-16-18-24(19-17-23)22(2)28-21-20-27(25-12-7-5-8-13-25)26-14-9-6-10-15-26/h5-10,12-19,22,27-28H,3-4,11,20-21H2,1-2H3. The summed E-state index contributed by atoms with van der Waals surface area (Å²) in [5.41, 5.74) is 5.61. The first-order chi connectivity index (χ1) is 13.8. The van der Waals surface area contributed by atoms with Crippen LogP contribution in [0.15, 0.2) is 84.9 Å². The average molecular weight is 372 g/mol. The molecule has 0 aliphatic rings. The third kappa shape index (κ3) is 5.81.